The van der Waals surface area contributed by atoms with Crippen molar-refractivity contribution >= 4 is 5.69 Å². The van der Waals surface area contributed by atoms with Crippen LogP contribution in [0, 0.1) is 0 Å². The van der Waals surface area contributed by atoms with Crippen molar-refractivity contribution in [1.29, 1.82) is 0 Å². The molecule has 2 aliphatic rings. The Labute approximate surface area is 145 Å². The lowest BCUT2D eigenvalue weighted by Gasteiger charge is -2.45. The molecule has 1 spiro atoms. The molecule has 0 amide bonds. The fourth-order valence-corrected chi connectivity index (χ4v) is 4.51. The first-order valence-corrected chi connectivity index (χ1v) is 9.41. The summed E-state index contributed by atoms with van der Waals surface area (Å²) in [6, 6.07) is 20.0. The zero-order valence-electron chi connectivity index (χ0n) is 14.6. The second-order valence-electron chi connectivity index (χ2n) is 7.28. The predicted octanol–water partition coefficient (Wildman–Crippen LogP) is 5.74. The lowest BCUT2D eigenvalue weighted by molar-refractivity contribution is 0.0412. The van der Waals surface area contributed by atoms with E-state index in [0.29, 0.717) is 6.04 Å². The number of benzene rings is 2. The molecule has 1 heterocycles. The Bertz CT molecular complexity index is 675. The predicted molar refractivity (Wildman–Crippen MR) is 99.7 cm³/mol. The Morgan fingerprint density at radius 2 is 1.71 bits per heavy atom. The van der Waals surface area contributed by atoms with Crippen LogP contribution in [0.3, 0.4) is 0 Å². The molecule has 1 unspecified atom stereocenters. The molecular formula is C22H27NO. The van der Waals surface area contributed by atoms with Gasteiger partial charge in [-0.15, -0.1) is 0 Å². The number of rotatable bonds is 4. The minimum atomic E-state index is 0.0553. The second kappa shape index (κ2) is 6.51. The highest BCUT2D eigenvalue weighted by molar-refractivity contribution is 5.52. The zero-order valence-corrected chi connectivity index (χ0v) is 14.6. The van der Waals surface area contributed by atoms with Crippen molar-refractivity contribution < 1.29 is 4.74 Å². The summed E-state index contributed by atoms with van der Waals surface area (Å²) in [5, 5.41) is 0. The number of fused-ring (bicyclic) bond motifs is 1. The average Bonchev–Trinajstić information content (AvgIpc) is 3.07. The van der Waals surface area contributed by atoms with Crippen molar-refractivity contribution in [3.05, 3.63) is 60.2 Å². The Morgan fingerprint density at radius 1 is 1.00 bits per heavy atom. The van der Waals surface area contributed by atoms with Crippen molar-refractivity contribution in [2.24, 2.45) is 0 Å². The second-order valence-corrected chi connectivity index (χ2v) is 7.28. The van der Waals surface area contributed by atoms with Gasteiger partial charge < -0.3 is 9.64 Å². The molecule has 1 atom stereocenters. The summed E-state index contributed by atoms with van der Waals surface area (Å²) >= 11 is 0. The van der Waals surface area contributed by atoms with E-state index in [1.54, 1.807) is 0 Å². The summed E-state index contributed by atoms with van der Waals surface area (Å²) in [5.74, 6) is 1.10. The first kappa shape index (κ1) is 15.6. The van der Waals surface area contributed by atoms with Crippen molar-refractivity contribution in [2.45, 2.75) is 57.1 Å². The third kappa shape index (κ3) is 2.79. The molecule has 126 valence electrons. The average molecular weight is 321 g/mol. The van der Waals surface area contributed by atoms with E-state index >= 15 is 0 Å². The van der Waals surface area contributed by atoms with Crippen LogP contribution in [0.15, 0.2) is 54.6 Å². The summed E-state index contributed by atoms with van der Waals surface area (Å²) in [7, 11) is 0. The van der Waals surface area contributed by atoms with E-state index in [-0.39, 0.29) is 5.60 Å². The van der Waals surface area contributed by atoms with E-state index in [1.165, 1.54) is 36.9 Å². The first-order chi connectivity index (χ1) is 11.8. The van der Waals surface area contributed by atoms with Crippen LogP contribution in [0.1, 0.15) is 57.1 Å². The van der Waals surface area contributed by atoms with Gasteiger partial charge in [-0.05, 0) is 50.3 Å². The highest BCUT2D eigenvalue weighted by Gasteiger charge is 2.44. The normalized spacial score (nSPS) is 21.3. The molecule has 2 nitrogen and oxygen atoms in total. The maximum atomic E-state index is 6.55. The van der Waals surface area contributed by atoms with Gasteiger partial charge in [0.2, 0.25) is 0 Å². The first-order valence-electron chi connectivity index (χ1n) is 9.41. The minimum Gasteiger partial charge on any atom is -0.487 e. The van der Waals surface area contributed by atoms with Gasteiger partial charge >= 0.3 is 0 Å². The zero-order chi connectivity index (χ0) is 16.4. The van der Waals surface area contributed by atoms with Gasteiger partial charge in [-0.1, -0.05) is 43.3 Å². The lowest BCUT2D eigenvalue weighted by atomic mass is 9.84. The van der Waals surface area contributed by atoms with Gasteiger partial charge in [0.15, 0.2) is 0 Å². The van der Waals surface area contributed by atoms with E-state index in [1.807, 2.05) is 0 Å². The van der Waals surface area contributed by atoms with Crippen molar-refractivity contribution in [3.63, 3.8) is 0 Å². The molecule has 24 heavy (non-hydrogen) atoms. The molecule has 1 aliphatic carbocycles. The van der Waals surface area contributed by atoms with Crippen molar-refractivity contribution in [3.8, 4) is 5.75 Å². The van der Waals surface area contributed by atoms with Gasteiger partial charge in [-0.2, -0.15) is 0 Å². The Hall–Kier alpha value is -1.96. The summed E-state index contributed by atoms with van der Waals surface area (Å²) in [5.41, 5.74) is 2.74. The van der Waals surface area contributed by atoms with Crippen LogP contribution in [0.2, 0.25) is 0 Å². The summed E-state index contributed by atoms with van der Waals surface area (Å²) in [6.45, 7) is 3.35. The fraction of sp³-hybridized carbons (Fsp3) is 0.455. The van der Waals surface area contributed by atoms with Crippen LogP contribution in [0.5, 0.6) is 5.75 Å². The fourth-order valence-electron chi connectivity index (χ4n) is 4.51. The van der Waals surface area contributed by atoms with E-state index < -0.39 is 0 Å². The highest BCUT2D eigenvalue weighted by Crippen LogP contribution is 2.49. The number of para-hydroxylation sites is 2. The topological polar surface area (TPSA) is 12.5 Å². The molecule has 2 aromatic rings. The highest BCUT2D eigenvalue weighted by atomic mass is 16.5. The van der Waals surface area contributed by atoms with Gasteiger partial charge in [-0.25, -0.2) is 0 Å². The number of ether oxygens (including phenoxy) is 1. The molecule has 1 fully saturated rings. The maximum absolute atomic E-state index is 6.55. The molecule has 1 saturated carbocycles. The molecule has 0 aromatic heterocycles. The van der Waals surface area contributed by atoms with Gasteiger partial charge in [0.05, 0.1) is 6.04 Å². The van der Waals surface area contributed by atoms with E-state index in [0.717, 1.165) is 25.1 Å². The van der Waals surface area contributed by atoms with Crippen molar-refractivity contribution in [2.75, 3.05) is 11.4 Å². The van der Waals surface area contributed by atoms with Crippen molar-refractivity contribution in [1.82, 2.24) is 0 Å². The molecule has 4 rings (SSSR count). The molecule has 0 bridgehead atoms. The molecule has 1 aliphatic heterocycles. The molecule has 0 radical (unpaired) electrons. The van der Waals surface area contributed by atoms with E-state index in [9.17, 15) is 0 Å². The summed E-state index contributed by atoms with van der Waals surface area (Å²) in [4.78, 5) is 2.60. The third-order valence-corrected chi connectivity index (χ3v) is 5.61. The molecule has 0 N–H and O–H groups in total. The Morgan fingerprint density at radius 3 is 2.46 bits per heavy atom. The van der Waals surface area contributed by atoms with Gasteiger partial charge in [0.25, 0.3) is 0 Å². The largest absolute Gasteiger partial charge is 0.487 e. The molecule has 2 aromatic carbocycles. The lowest BCUT2D eigenvalue weighted by Crippen LogP contribution is -2.44. The molecular weight excluding hydrogens is 294 g/mol. The van der Waals surface area contributed by atoms with E-state index in [4.69, 9.17) is 4.74 Å². The molecule has 2 heteroatoms. The van der Waals surface area contributed by atoms with Crippen LogP contribution >= 0.6 is 0 Å². The van der Waals surface area contributed by atoms with E-state index in [2.05, 4.69) is 66.4 Å². The van der Waals surface area contributed by atoms with Crippen LogP contribution in [-0.2, 0) is 0 Å². The van der Waals surface area contributed by atoms with Gasteiger partial charge in [-0.3, -0.25) is 0 Å². The van der Waals surface area contributed by atoms with Crippen LogP contribution in [-0.4, -0.2) is 12.1 Å². The van der Waals surface area contributed by atoms with Gasteiger partial charge in [0, 0.05) is 24.2 Å². The number of hydrogen-bond donors (Lipinski definition) is 0. The monoisotopic (exact) mass is 321 g/mol. The number of hydrogen-bond acceptors (Lipinski definition) is 2. The van der Waals surface area contributed by atoms with Crippen LogP contribution in [0.25, 0.3) is 0 Å². The molecule has 0 saturated heterocycles. The Balaban J connectivity index is 1.76. The number of anilines is 1. The maximum Gasteiger partial charge on any atom is 0.125 e. The Kier molecular flexibility index (Phi) is 4.22. The summed E-state index contributed by atoms with van der Waals surface area (Å²) < 4.78 is 6.55. The van der Waals surface area contributed by atoms with Crippen LogP contribution < -0.4 is 9.64 Å². The quantitative estimate of drug-likeness (QED) is 0.712. The minimum absolute atomic E-state index is 0.0553. The summed E-state index contributed by atoms with van der Waals surface area (Å²) in [6.07, 6.45) is 7.27. The van der Waals surface area contributed by atoms with Crippen LogP contribution in [0.4, 0.5) is 5.69 Å². The third-order valence-electron chi connectivity index (χ3n) is 5.61. The standard InChI is InChI=1S/C22H27NO/c1-2-16-23(18-10-4-3-5-11-18)20-17-22(14-8-9-15-22)24-21-13-7-6-12-19(20)21/h3-7,10-13,20H,2,8-9,14-17H2,1H3. The smallest absolute Gasteiger partial charge is 0.125 e. The number of nitrogens with zero attached hydrogens (tertiary/aromatic N) is 1. The SMILES string of the molecule is CCCN(c1ccccc1)C1CC2(CCCC2)Oc2ccccc21. The van der Waals surface area contributed by atoms with Gasteiger partial charge in [0.1, 0.15) is 11.4 Å².